The number of benzene rings is 3. The van der Waals surface area contributed by atoms with Crippen LogP contribution in [0.1, 0.15) is 5.56 Å². The third-order valence-corrected chi connectivity index (χ3v) is 3.51. The zero-order chi connectivity index (χ0) is 13.1. The Hall–Kier alpha value is -1.83. The van der Waals surface area contributed by atoms with Crippen LogP contribution in [0, 0.1) is 0 Å². The molecule has 0 unspecified atom stereocenters. The number of hydrogen-bond donors (Lipinski definition) is 1. The first-order valence-electron chi connectivity index (χ1n) is 6.66. The van der Waals surface area contributed by atoms with Crippen molar-refractivity contribution < 1.29 is 0 Å². The number of hydrogen-bond acceptors (Lipinski definition) is 1. The van der Waals surface area contributed by atoms with Gasteiger partial charge in [-0.1, -0.05) is 66.7 Å². The van der Waals surface area contributed by atoms with Gasteiger partial charge in [0.1, 0.15) is 0 Å². The van der Waals surface area contributed by atoms with Gasteiger partial charge in [-0.15, -0.1) is 12.4 Å². The van der Waals surface area contributed by atoms with Crippen LogP contribution in [0.25, 0.3) is 21.9 Å². The topological polar surface area (TPSA) is 26.0 Å². The van der Waals surface area contributed by atoms with Gasteiger partial charge in [-0.25, -0.2) is 0 Å². The van der Waals surface area contributed by atoms with Gasteiger partial charge in [-0.3, -0.25) is 0 Å². The monoisotopic (exact) mass is 283 g/mol. The molecule has 3 aromatic carbocycles. The van der Waals surface area contributed by atoms with Gasteiger partial charge in [0.05, 0.1) is 0 Å². The lowest BCUT2D eigenvalue weighted by molar-refractivity contribution is 0.977. The second-order valence-electron chi connectivity index (χ2n) is 4.72. The molecule has 0 spiro atoms. The van der Waals surface area contributed by atoms with Gasteiger partial charge in [0.15, 0.2) is 0 Å². The van der Waals surface area contributed by atoms with Crippen molar-refractivity contribution in [3.63, 3.8) is 0 Å². The molecule has 1 nitrogen and oxygen atoms in total. The Morgan fingerprint density at radius 1 is 0.700 bits per heavy atom. The minimum atomic E-state index is 0. The molecule has 0 saturated heterocycles. The summed E-state index contributed by atoms with van der Waals surface area (Å²) < 4.78 is 0. The molecule has 0 amide bonds. The lowest BCUT2D eigenvalue weighted by Gasteiger charge is -2.11. The second-order valence-corrected chi connectivity index (χ2v) is 4.72. The van der Waals surface area contributed by atoms with Crippen molar-refractivity contribution in [3.05, 3.63) is 72.3 Å². The molecule has 0 saturated carbocycles. The highest BCUT2D eigenvalue weighted by molar-refractivity contribution is 5.98. The van der Waals surface area contributed by atoms with Gasteiger partial charge >= 0.3 is 0 Å². The fraction of sp³-hybridized carbons (Fsp3) is 0.111. The molecule has 0 aliphatic rings. The van der Waals surface area contributed by atoms with Gasteiger partial charge in [0, 0.05) is 0 Å². The molecule has 0 aromatic heterocycles. The van der Waals surface area contributed by atoms with Crippen molar-refractivity contribution in [2.75, 3.05) is 6.54 Å². The summed E-state index contributed by atoms with van der Waals surface area (Å²) in [7, 11) is 0. The molecule has 0 fully saturated rings. The first-order valence-corrected chi connectivity index (χ1v) is 6.66. The predicted octanol–water partition coefficient (Wildman–Crippen LogP) is 4.43. The average Bonchev–Trinajstić information content (AvgIpc) is 2.49. The van der Waals surface area contributed by atoms with Crippen LogP contribution < -0.4 is 5.73 Å². The van der Waals surface area contributed by atoms with Crippen molar-refractivity contribution in [2.45, 2.75) is 6.42 Å². The first-order chi connectivity index (χ1) is 9.40. The van der Waals surface area contributed by atoms with Gasteiger partial charge in [0.2, 0.25) is 0 Å². The summed E-state index contributed by atoms with van der Waals surface area (Å²) in [6.45, 7) is 0.689. The summed E-state index contributed by atoms with van der Waals surface area (Å²) in [5.74, 6) is 0. The van der Waals surface area contributed by atoms with Crippen LogP contribution in [0.15, 0.2) is 66.7 Å². The molecule has 102 valence electrons. The molecule has 3 aromatic rings. The van der Waals surface area contributed by atoms with Crippen LogP contribution in [0.5, 0.6) is 0 Å². The molecule has 0 heterocycles. The smallest absolute Gasteiger partial charge is 0.00365 e. The normalized spacial score (nSPS) is 10.2. The molecule has 20 heavy (non-hydrogen) atoms. The van der Waals surface area contributed by atoms with Crippen LogP contribution in [0.3, 0.4) is 0 Å². The molecule has 0 aliphatic carbocycles. The first kappa shape index (κ1) is 14.6. The van der Waals surface area contributed by atoms with Crippen molar-refractivity contribution >= 4 is 23.2 Å². The second kappa shape index (κ2) is 6.56. The van der Waals surface area contributed by atoms with Crippen LogP contribution in [-0.2, 0) is 6.42 Å². The predicted molar refractivity (Wildman–Crippen MR) is 89.4 cm³/mol. The Morgan fingerprint density at radius 2 is 1.35 bits per heavy atom. The SMILES string of the molecule is Cl.NCCc1ccc(-c2ccccc2)c2ccccc12. The highest BCUT2D eigenvalue weighted by Gasteiger charge is 2.06. The van der Waals surface area contributed by atoms with E-state index in [2.05, 4.69) is 66.7 Å². The van der Waals surface area contributed by atoms with E-state index in [1.54, 1.807) is 0 Å². The fourth-order valence-corrected chi connectivity index (χ4v) is 2.60. The van der Waals surface area contributed by atoms with Crippen molar-refractivity contribution in [2.24, 2.45) is 5.73 Å². The van der Waals surface area contributed by atoms with E-state index in [1.807, 2.05) is 0 Å². The standard InChI is InChI=1S/C18H17N.ClH/c19-13-12-15-10-11-17(14-6-2-1-3-7-14)18-9-5-4-8-16(15)18;/h1-11H,12-13,19H2;1H. The van der Waals surface area contributed by atoms with Gasteiger partial charge in [-0.05, 0) is 40.4 Å². The van der Waals surface area contributed by atoms with Crippen LogP contribution in [0.2, 0.25) is 0 Å². The Balaban J connectivity index is 0.00000147. The summed E-state index contributed by atoms with van der Waals surface area (Å²) in [5.41, 5.74) is 9.58. The summed E-state index contributed by atoms with van der Waals surface area (Å²) >= 11 is 0. The summed E-state index contributed by atoms with van der Waals surface area (Å²) in [4.78, 5) is 0. The highest BCUT2D eigenvalue weighted by Crippen LogP contribution is 2.30. The van der Waals surface area contributed by atoms with Crippen LogP contribution >= 0.6 is 12.4 Å². The molecule has 2 N–H and O–H groups in total. The number of fused-ring (bicyclic) bond motifs is 1. The van der Waals surface area contributed by atoms with E-state index in [0.29, 0.717) is 6.54 Å². The van der Waals surface area contributed by atoms with Gasteiger partial charge in [-0.2, -0.15) is 0 Å². The molecular formula is C18H18ClN. The lowest BCUT2D eigenvalue weighted by atomic mass is 9.94. The van der Waals surface area contributed by atoms with Gasteiger partial charge < -0.3 is 5.73 Å². The third-order valence-electron chi connectivity index (χ3n) is 3.51. The van der Waals surface area contributed by atoms with Crippen LogP contribution in [0.4, 0.5) is 0 Å². The summed E-state index contributed by atoms with van der Waals surface area (Å²) in [5, 5.41) is 2.62. The van der Waals surface area contributed by atoms with E-state index < -0.39 is 0 Å². The molecule has 3 rings (SSSR count). The Labute approximate surface area is 125 Å². The van der Waals surface area contributed by atoms with E-state index in [1.165, 1.54) is 27.5 Å². The molecular weight excluding hydrogens is 266 g/mol. The maximum absolute atomic E-state index is 5.70. The van der Waals surface area contributed by atoms with E-state index in [0.717, 1.165) is 6.42 Å². The largest absolute Gasteiger partial charge is 0.330 e. The lowest BCUT2D eigenvalue weighted by Crippen LogP contribution is -2.03. The van der Waals surface area contributed by atoms with Crippen molar-refractivity contribution in [1.29, 1.82) is 0 Å². The minimum absolute atomic E-state index is 0. The number of nitrogens with two attached hydrogens (primary N) is 1. The summed E-state index contributed by atoms with van der Waals surface area (Å²) in [6, 6.07) is 23.5. The Morgan fingerprint density at radius 3 is 2.05 bits per heavy atom. The van der Waals surface area contributed by atoms with E-state index in [4.69, 9.17) is 5.73 Å². The van der Waals surface area contributed by atoms with Crippen molar-refractivity contribution in [1.82, 2.24) is 0 Å². The highest BCUT2D eigenvalue weighted by atomic mass is 35.5. The maximum atomic E-state index is 5.70. The molecule has 0 radical (unpaired) electrons. The third kappa shape index (κ3) is 2.69. The quantitative estimate of drug-likeness (QED) is 0.756. The zero-order valence-corrected chi connectivity index (χ0v) is 12.1. The molecule has 0 atom stereocenters. The van der Waals surface area contributed by atoms with E-state index in [-0.39, 0.29) is 12.4 Å². The van der Waals surface area contributed by atoms with E-state index in [9.17, 15) is 0 Å². The zero-order valence-electron chi connectivity index (χ0n) is 11.3. The Kier molecular flexibility index (Phi) is 4.78. The molecule has 0 aliphatic heterocycles. The molecule has 0 bridgehead atoms. The van der Waals surface area contributed by atoms with E-state index >= 15 is 0 Å². The molecule has 2 heteroatoms. The average molecular weight is 284 g/mol. The van der Waals surface area contributed by atoms with Gasteiger partial charge in [0.25, 0.3) is 0 Å². The maximum Gasteiger partial charge on any atom is -0.00365 e. The Bertz CT molecular complexity index is 692. The fourth-order valence-electron chi connectivity index (χ4n) is 2.60. The van der Waals surface area contributed by atoms with Crippen LogP contribution in [-0.4, -0.2) is 6.54 Å². The number of rotatable bonds is 3. The number of halogens is 1. The minimum Gasteiger partial charge on any atom is -0.330 e. The van der Waals surface area contributed by atoms with Crippen molar-refractivity contribution in [3.8, 4) is 11.1 Å². The summed E-state index contributed by atoms with van der Waals surface area (Å²) in [6.07, 6.45) is 0.926.